The molecule has 6 nitrogen and oxygen atoms in total. The standard InChI is InChI=1S/C11H15N3O3S2/c15-7-9-6-11(18-8-9)19(16,17)14-3-1-2-10-12-4-5-13-10/h4-6,8,14-15H,1-3,7H2,(H,12,13). The molecule has 0 aliphatic heterocycles. The lowest BCUT2D eigenvalue weighted by Crippen LogP contribution is -2.24. The monoisotopic (exact) mass is 301 g/mol. The lowest BCUT2D eigenvalue weighted by molar-refractivity contribution is 0.282. The Morgan fingerprint density at radius 3 is 2.95 bits per heavy atom. The zero-order valence-corrected chi connectivity index (χ0v) is 11.8. The van der Waals surface area contributed by atoms with Crippen molar-refractivity contribution < 1.29 is 13.5 Å². The molecule has 2 heterocycles. The normalized spacial score (nSPS) is 11.8. The first-order valence-electron chi connectivity index (χ1n) is 5.78. The maximum absolute atomic E-state index is 11.9. The number of imidazole rings is 1. The molecule has 0 radical (unpaired) electrons. The molecule has 0 aliphatic carbocycles. The second-order valence-electron chi connectivity index (χ2n) is 3.97. The Morgan fingerprint density at radius 1 is 1.47 bits per heavy atom. The van der Waals surface area contributed by atoms with Crippen LogP contribution < -0.4 is 4.72 Å². The van der Waals surface area contributed by atoms with Crippen LogP contribution in [0.2, 0.25) is 0 Å². The van der Waals surface area contributed by atoms with E-state index in [1.807, 2.05) is 0 Å². The van der Waals surface area contributed by atoms with Crippen LogP contribution in [0.5, 0.6) is 0 Å². The van der Waals surface area contributed by atoms with Gasteiger partial charge in [-0.1, -0.05) is 0 Å². The average Bonchev–Trinajstić information content (AvgIpc) is 3.05. The molecule has 8 heteroatoms. The molecular weight excluding hydrogens is 286 g/mol. The molecule has 0 fully saturated rings. The highest BCUT2D eigenvalue weighted by atomic mass is 32.2. The van der Waals surface area contributed by atoms with Crippen LogP contribution in [0.15, 0.2) is 28.0 Å². The quantitative estimate of drug-likeness (QED) is 0.661. The van der Waals surface area contributed by atoms with E-state index in [-0.39, 0.29) is 10.8 Å². The first kappa shape index (κ1) is 14.2. The predicted molar refractivity (Wildman–Crippen MR) is 72.3 cm³/mol. The van der Waals surface area contributed by atoms with Gasteiger partial charge in [-0.3, -0.25) is 0 Å². The fraction of sp³-hybridized carbons (Fsp3) is 0.364. The van der Waals surface area contributed by atoms with E-state index in [9.17, 15) is 8.42 Å². The van der Waals surface area contributed by atoms with Gasteiger partial charge < -0.3 is 10.1 Å². The Morgan fingerprint density at radius 2 is 2.32 bits per heavy atom. The third-order valence-electron chi connectivity index (χ3n) is 2.51. The van der Waals surface area contributed by atoms with Gasteiger partial charge in [0.1, 0.15) is 10.0 Å². The second kappa shape index (κ2) is 6.29. The predicted octanol–water partition coefficient (Wildman–Crippen LogP) is 0.875. The van der Waals surface area contributed by atoms with E-state index in [2.05, 4.69) is 14.7 Å². The molecule has 2 rings (SSSR count). The van der Waals surface area contributed by atoms with Crippen LogP contribution in [0.4, 0.5) is 0 Å². The minimum absolute atomic E-state index is 0.148. The minimum atomic E-state index is -3.46. The molecule has 19 heavy (non-hydrogen) atoms. The Kier molecular flexibility index (Phi) is 4.70. The van der Waals surface area contributed by atoms with E-state index in [0.717, 1.165) is 17.2 Å². The highest BCUT2D eigenvalue weighted by molar-refractivity contribution is 7.91. The van der Waals surface area contributed by atoms with Crippen molar-refractivity contribution in [2.75, 3.05) is 6.54 Å². The smallest absolute Gasteiger partial charge is 0.250 e. The molecule has 0 amide bonds. The summed E-state index contributed by atoms with van der Waals surface area (Å²) < 4.78 is 26.6. The summed E-state index contributed by atoms with van der Waals surface area (Å²) in [6.45, 7) is 0.208. The Labute approximate surface area is 115 Å². The average molecular weight is 301 g/mol. The number of aromatic nitrogens is 2. The first-order chi connectivity index (χ1) is 9.12. The van der Waals surface area contributed by atoms with Crippen molar-refractivity contribution in [1.82, 2.24) is 14.7 Å². The SMILES string of the molecule is O=S(=O)(NCCCc1ncc[nH]1)c1cc(CO)cs1. The van der Waals surface area contributed by atoms with E-state index in [1.165, 1.54) is 6.07 Å². The number of aliphatic hydroxyl groups excluding tert-OH is 1. The summed E-state index contributed by atoms with van der Waals surface area (Å²) in [5, 5.41) is 10.6. The molecule has 0 aliphatic rings. The summed E-state index contributed by atoms with van der Waals surface area (Å²) in [7, 11) is -3.46. The lowest BCUT2D eigenvalue weighted by Gasteiger charge is -2.03. The van der Waals surface area contributed by atoms with Crippen molar-refractivity contribution in [2.24, 2.45) is 0 Å². The molecule has 0 saturated carbocycles. The number of hydrogen-bond acceptors (Lipinski definition) is 5. The zero-order valence-electron chi connectivity index (χ0n) is 10.2. The van der Waals surface area contributed by atoms with Crippen molar-refractivity contribution in [3.05, 3.63) is 35.2 Å². The lowest BCUT2D eigenvalue weighted by atomic mass is 10.3. The van der Waals surface area contributed by atoms with Crippen LogP contribution in [0.3, 0.4) is 0 Å². The van der Waals surface area contributed by atoms with E-state index < -0.39 is 10.0 Å². The molecular formula is C11H15N3O3S2. The van der Waals surface area contributed by atoms with Crippen molar-refractivity contribution in [1.29, 1.82) is 0 Å². The van der Waals surface area contributed by atoms with E-state index in [0.29, 0.717) is 24.9 Å². The summed E-state index contributed by atoms with van der Waals surface area (Å²) in [4.78, 5) is 7.03. The summed E-state index contributed by atoms with van der Waals surface area (Å²) in [5.74, 6) is 0.845. The number of nitrogens with one attached hydrogen (secondary N) is 2. The van der Waals surface area contributed by atoms with Crippen LogP contribution >= 0.6 is 11.3 Å². The number of H-pyrrole nitrogens is 1. The van der Waals surface area contributed by atoms with Crippen LogP contribution in [-0.4, -0.2) is 30.0 Å². The summed E-state index contributed by atoms with van der Waals surface area (Å²) in [6.07, 6.45) is 4.77. The molecule has 2 aromatic heterocycles. The highest BCUT2D eigenvalue weighted by Gasteiger charge is 2.15. The summed E-state index contributed by atoms with van der Waals surface area (Å²) in [5.41, 5.74) is 0.612. The van der Waals surface area contributed by atoms with Gasteiger partial charge in [0, 0.05) is 25.4 Å². The topological polar surface area (TPSA) is 95.1 Å². The molecule has 104 valence electrons. The van der Waals surface area contributed by atoms with Gasteiger partial charge in [0.15, 0.2) is 0 Å². The maximum atomic E-state index is 11.9. The van der Waals surface area contributed by atoms with Crippen LogP contribution in [0.25, 0.3) is 0 Å². The van der Waals surface area contributed by atoms with Gasteiger partial charge in [-0.15, -0.1) is 11.3 Å². The Bertz CT molecular complexity index is 605. The van der Waals surface area contributed by atoms with Crippen molar-refractivity contribution >= 4 is 21.4 Å². The zero-order chi connectivity index (χ0) is 13.7. The summed E-state index contributed by atoms with van der Waals surface area (Å²) >= 11 is 1.11. The van der Waals surface area contributed by atoms with Crippen molar-refractivity contribution in [3.8, 4) is 0 Å². The van der Waals surface area contributed by atoms with Gasteiger partial charge in [0.05, 0.1) is 6.61 Å². The van der Waals surface area contributed by atoms with Gasteiger partial charge in [0.25, 0.3) is 0 Å². The first-order valence-corrected chi connectivity index (χ1v) is 8.14. The van der Waals surface area contributed by atoms with E-state index >= 15 is 0 Å². The van der Waals surface area contributed by atoms with Gasteiger partial charge in [-0.05, 0) is 23.4 Å². The fourth-order valence-corrected chi connectivity index (χ4v) is 3.86. The number of hydrogen-bond donors (Lipinski definition) is 3. The van der Waals surface area contributed by atoms with E-state index in [4.69, 9.17) is 5.11 Å². The highest BCUT2D eigenvalue weighted by Crippen LogP contribution is 2.19. The number of rotatable bonds is 7. The molecule has 0 saturated heterocycles. The molecule has 0 spiro atoms. The fourth-order valence-electron chi connectivity index (χ4n) is 1.55. The van der Waals surface area contributed by atoms with Gasteiger partial charge in [-0.2, -0.15) is 0 Å². The minimum Gasteiger partial charge on any atom is -0.392 e. The number of thiophene rings is 1. The molecule has 2 aromatic rings. The Balaban J connectivity index is 1.84. The number of sulfonamides is 1. The van der Waals surface area contributed by atoms with Crippen LogP contribution in [0, 0.1) is 0 Å². The van der Waals surface area contributed by atoms with Crippen LogP contribution in [0.1, 0.15) is 17.8 Å². The third-order valence-corrected chi connectivity index (χ3v) is 5.46. The summed E-state index contributed by atoms with van der Waals surface area (Å²) in [6, 6.07) is 1.49. The largest absolute Gasteiger partial charge is 0.392 e. The van der Waals surface area contributed by atoms with Crippen LogP contribution in [-0.2, 0) is 23.1 Å². The van der Waals surface area contributed by atoms with E-state index in [1.54, 1.807) is 17.8 Å². The molecule has 0 unspecified atom stereocenters. The van der Waals surface area contributed by atoms with Gasteiger partial charge in [-0.25, -0.2) is 18.1 Å². The van der Waals surface area contributed by atoms with Crippen molar-refractivity contribution in [3.63, 3.8) is 0 Å². The molecule has 0 atom stereocenters. The maximum Gasteiger partial charge on any atom is 0.250 e. The second-order valence-corrected chi connectivity index (χ2v) is 6.87. The number of aryl methyl sites for hydroxylation is 1. The van der Waals surface area contributed by atoms with Gasteiger partial charge in [0.2, 0.25) is 10.0 Å². The molecule has 3 N–H and O–H groups in total. The third kappa shape index (κ3) is 3.87. The number of nitrogens with zero attached hydrogens (tertiary/aromatic N) is 1. The number of aliphatic hydroxyl groups is 1. The van der Waals surface area contributed by atoms with Crippen molar-refractivity contribution in [2.45, 2.75) is 23.7 Å². The molecule has 0 bridgehead atoms. The molecule has 0 aromatic carbocycles. The Hall–Kier alpha value is -1.22. The number of aromatic amines is 1. The van der Waals surface area contributed by atoms with Gasteiger partial charge >= 0.3 is 0 Å².